The fraction of sp³-hybridized carbons (Fsp3) is 0.462. The lowest BCUT2D eigenvalue weighted by Crippen LogP contribution is -2.26. The number of aromatic nitrogens is 4. The van der Waals surface area contributed by atoms with Gasteiger partial charge in [0.2, 0.25) is 0 Å². The number of carbonyl (C=O) groups is 1. The van der Waals surface area contributed by atoms with E-state index in [2.05, 4.69) is 15.5 Å². The normalized spacial score (nSPS) is 10.8. The molecule has 0 aliphatic rings. The quantitative estimate of drug-likeness (QED) is 0.784. The largest absolute Gasteiger partial charge is 0.383 e. The summed E-state index contributed by atoms with van der Waals surface area (Å²) in [5, 5.41) is 11.2. The van der Waals surface area contributed by atoms with Crippen LogP contribution in [0.2, 0.25) is 0 Å². The first-order valence-electron chi connectivity index (χ1n) is 6.55. The molecule has 7 nitrogen and oxygen atoms in total. The Labute approximate surface area is 117 Å². The van der Waals surface area contributed by atoms with E-state index in [0.717, 1.165) is 24.4 Å². The van der Waals surface area contributed by atoms with E-state index in [9.17, 15) is 4.79 Å². The summed E-state index contributed by atoms with van der Waals surface area (Å²) in [6.07, 6.45) is 2.29. The van der Waals surface area contributed by atoms with Gasteiger partial charge >= 0.3 is 0 Å². The maximum atomic E-state index is 11.9. The average Bonchev–Trinajstić information content (AvgIpc) is 2.89. The van der Waals surface area contributed by atoms with Gasteiger partial charge in [0, 0.05) is 25.8 Å². The van der Waals surface area contributed by atoms with E-state index < -0.39 is 0 Å². The number of carbonyl (C=O) groups excluding carboxylic acids is 1. The molecule has 108 valence electrons. The van der Waals surface area contributed by atoms with Crippen molar-refractivity contribution in [3.05, 3.63) is 29.2 Å². The first-order chi connectivity index (χ1) is 9.49. The second-order valence-corrected chi connectivity index (χ2v) is 4.83. The monoisotopic (exact) mass is 276 g/mol. The minimum Gasteiger partial charge on any atom is -0.383 e. The molecule has 0 saturated carbocycles. The van der Waals surface area contributed by atoms with Crippen LogP contribution >= 0.6 is 0 Å². The van der Waals surface area contributed by atoms with Crippen LogP contribution in [0, 0.1) is 13.8 Å². The summed E-state index contributed by atoms with van der Waals surface area (Å²) in [4.78, 5) is 11.9. The summed E-state index contributed by atoms with van der Waals surface area (Å²) >= 11 is 0. The molecule has 2 heterocycles. The van der Waals surface area contributed by atoms with Gasteiger partial charge in [-0.1, -0.05) is 0 Å². The van der Waals surface area contributed by atoms with Gasteiger partial charge in [0.1, 0.15) is 11.4 Å². The van der Waals surface area contributed by atoms with Gasteiger partial charge in [0.25, 0.3) is 5.91 Å². The van der Waals surface area contributed by atoms with Crippen LogP contribution < -0.4 is 11.1 Å². The molecule has 2 rings (SSSR count). The maximum Gasteiger partial charge on any atom is 0.256 e. The molecule has 1 amide bonds. The average molecular weight is 276 g/mol. The summed E-state index contributed by atoms with van der Waals surface area (Å²) in [6, 6.07) is 2.04. The zero-order chi connectivity index (χ0) is 14.7. The zero-order valence-electron chi connectivity index (χ0n) is 12.1. The van der Waals surface area contributed by atoms with Crippen molar-refractivity contribution in [1.29, 1.82) is 0 Å². The number of nitrogen functional groups attached to an aromatic ring is 1. The maximum absolute atomic E-state index is 11.9. The Morgan fingerprint density at radius 2 is 2.20 bits per heavy atom. The van der Waals surface area contributed by atoms with Gasteiger partial charge in [-0.05, 0) is 26.3 Å². The first-order valence-corrected chi connectivity index (χ1v) is 6.55. The van der Waals surface area contributed by atoms with Gasteiger partial charge in [-0.15, -0.1) is 0 Å². The van der Waals surface area contributed by atoms with Crippen molar-refractivity contribution in [2.24, 2.45) is 7.05 Å². The summed E-state index contributed by atoms with van der Waals surface area (Å²) in [5.41, 5.74) is 8.30. The molecule has 2 aromatic heterocycles. The molecule has 0 aliphatic heterocycles. The van der Waals surface area contributed by atoms with Crippen LogP contribution in [0.15, 0.2) is 12.3 Å². The summed E-state index contributed by atoms with van der Waals surface area (Å²) in [7, 11) is 1.70. The van der Waals surface area contributed by atoms with Crippen molar-refractivity contribution >= 4 is 11.7 Å². The number of hydrogen-bond acceptors (Lipinski definition) is 4. The Balaban J connectivity index is 1.80. The second kappa shape index (κ2) is 5.77. The Morgan fingerprint density at radius 3 is 2.75 bits per heavy atom. The molecule has 0 unspecified atom stereocenters. The third kappa shape index (κ3) is 2.98. The molecule has 0 spiro atoms. The van der Waals surface area contributed by atoms with Crippen LogP contribution in [0.25, 0.3) is 0 Å². The molecule has 0 atom stereocenters. The van der Waals surface area contributed by atoms with Crippen molar-refractivity contribution in [1.82, 2.24) is 24.9 Å². The highest BCUT2D eigenvalue weighted by molar-refractivity contribution is 5.98. The molecule has 0 fully saturated rings. The predicted molar refractivity (Wildman–Crippen MR) is 76.3 cm³/mol. The lowest BCUT2D eigenvalue weighted by Gasteiger charge is -2.06. The van der Waals surface area contributed by atoms with Crippen LogP contribution in [-0.2, 0) is 13.6 Å². The van der Waals surface area contributed by atoms with Crippen molar-refractivity contribution in [2.45, 2.75) is 26.8 Å². The molecule has 0 radical (unpaired) electrons. The molecule has 2 aromatic rings. The number of hydrogen-bond donors (Lipinski definition) is 2. The molecule has 0 aromatic carbocycles. The SMILES string of the molecule is Cc1cc(C)n(CCCNC(=O)c2cnn(C)c2N)n1. The highest BCUT2D eigenvalue weighted by Gasteiger charge is 2.12. The number of nitrogens with two attached hydrogens (primary N) is 1. The summed E-state index contributed by atoms with van der Waals surface area (Å²) < 4.78 is 3.42. The number of nitrogens with one attached hydrogen (secondary N) is 1. The number of anilines is 1. The van der Waals surface area contributed by atoms with E-state index in [1.807, 2.05) is 24.6 Å². The number of amides is 1. The highest BCUT2D eigenvalue weighted by Crippen LogP contribution is 2.08. The lowest BCUT2D eigenvalue weighted by atomic mass is 10.3. The number of aryl methyl sites for hydroxylation is 4. The summed E-state index contributed by atoms with van der Waals surface area (Å²) in [5.74, 6) is 0.185. The van der Waals surface area contributed by atoms with Crippen LogP contribution in [0.1, 0.15) is 28.2 Å². The molecule has 0 bridgehead atoms. The van der Waals surface area contributed by atoms with E-state index in [4.69, 9.17) is 5.73 Å². The third-order valence-corrected chi connectivity index (χ3v) is 3.16. The van der Waals surface area contributed by atoms with E-state index in [1.54, 1.807) is 7.05 Å². The lowest BCUT2D eigenvalue weighted by molar-refractivity contribution is 0.0953. The predicted octanol–water partition coefficient (Wildman–Crippen LogP) is 0.636. The Morgan fingerprint density at radius 1 is 1.45 bits per heavy atom. The molecular formula is C13H20N6O. The van der Waals surface area contributed by atoms with E-state index in [-0.39, 0.29) is 5.91 Å². The minimum atomic E-state index is -0.191. The van der Waals surface area contributed by atoms with Crippen molar-refractivity contribution in [3.8, 4) is 0 Å². The Hall–Kier alpha value is -2.31. The number of rotatable bonds is 5. The molecule has 0 aliphatic carbocycles. The fourth-order valence-electron chi connectivity index (χ4n) is 2.05. The fourth-order valence-corrected chi connectivity index (χ4v) is 2.05. The van der Waals surface area contributed by atoms with Crippen LogP contribution in [0.4, 0.5) is 5.82 Å². The van der Waals surface area contributed by atoms with Gasteiger partial charge in [-0.3, -0.25) is 14.2 Å². The molecule has 7 heteroatoms. The molecule has 3 N–H and O–H groups in total. The van der Waals surface area contributed by atoms with E-state index in [0.29, 0.717) is 17.9 Å². The van der Waals surface area contributed by atoms with E-state index >= 15 is 0 Å². The highest BCUT2D eigenvalue weighted by atomic mass is 16.1. The molecule has 20 heavy (non-hydrogen) atoms. The van der Waals surface area contributed by atoms with Gasteiger partial charge in [-0.25, -0.2) is 0 Å². The molecule has 0 saturated heterocycles. The topological polar surface area (TPSA) is 90.8 Å². The zero-order valence-corrected chi connectivity index (χ0v) is 12.1. The minimum absolute atomic E-state index is 0.191. The van der Waals surface area contributed by atoms with Crippen LogP contribution in [0.5, 0.6) is 0 Å². The van der Waals surface area contributed by atoms with Gasteiger partial charge in [0.05, 0.1) is 11.9 Å². The van der Waals surface area contributed by atoms with Crippen LogP contribution in [-0.4, -0.2) is 32.0 Å². The standard InChI is InChI=1S/C13H20N6O/c1-9-7-10(2)19(17-9)6-4-5-15-13(20)11-8-16-18(3)12(11)14/h7-8H,4-6,14H2,1-3H3,(H,15,20). The Bertz CT molecular complexity index is 612. The third-order valence-electron chi connectivity index (χ3n) is 3.16. The number of nitrogens with zero attached hydrogens (tertiary/aromatic N) is 4. The molecular weight excluding hydrogens is 256 g/mol. The van der Waals surface area contributed by atoms with Crippen molar-refractivity contribution in [3.63, 3.8) is 0 Å². The van der Waals surface area contributed by atoms with Crippen molar-refractivity contribution < 1.29 is 4.79 Å². The van der Waals surface area contributed by atoms with Gasteiger partial charge < -0.3 is 11.1 Å². The smallest absolute Gasteiger partial charge is 0.256 e. The van der Waals surface area contributed by atoms with Crippen LogP contribution in [0.3, 0.4) is 0 Å². The van der Waals surface area contributed by atoms with Crippen molar-refractivity contribution in [2.75, 3.05) is 12.3 Å². The van der Waals surface area contributed by atoms with Gasteiger partial charge in [0.15, 0.2) is 0 Å². The van der Waals surface area contributed by atoms with E-state index in [1.165, 1.54) is 10.9 Å². The van der Waals surface area contributed by atoms with Gasteiger partial charge in [-0.2, -0.15) is 10.2 Å². The Kier molecular flexibility index (Phi) is 4.07. The summed E-state index contributed by atoms with van der Waals surface area (Å²) in [6.45, 7) is 5.35. The first kappa shape index (κ1) is 14.1. The second-order valence-electron chi connectivity index (χ2n) is 4.83.